The average molecular weight is 292 g/mol. The number of ether oxygens (including phenoxy) is 1. The Kier molecular flexibility index (Phi) is 4.10. The van der Waals surface area contributed by atoms with Crippen molar-refractivity contribution in [1.82, 2.24) is 15.0 Å². The van der Waals surface area contributed by atoms with Crippen LogP contribution in [0.2, 0.25) is 0 Å². The van der Waals surface area contributed by atoms with E-state index in [1.807, 2.05) is 0 Å². The van der Waals surface area contributed by atoms with Gasteiger partial charge in [0.1, 0.15) is 0 Å². The van der Waals surface area contributed by atoms with Gasteiger partial charge in [-0.3, -0.25) is 0 Å². The maximum Gasteiger partial charge on any atom is 0.231 e. The Morgan fingerprint density at radius 2 is 1.95 bits per heavy atom. The minimum absolute atomic E-state index is 0.134. The molecule has 2 aliphatic rings. The van der Waals surface area contributed by atoms with Gasteiger partial charge in [0.05, 0.1) is 12.1 Å². The van der Waals surface area contributed by atoms with Crippen molar-refractivity contribution in [2.75, 3.05) is 42.3 Å². The molecule has 2 saturated heterocycles. The van der Waals surface area contributed by atoms with Gasteiger partial charge in [-0.25, -0.2) is 0 Å². The van der Waals surface area contributed by atoms with Gasteiger partial charge in [-0.05, 0) is 39.0 Å². The van der Waals surface area contributed by atoms with Gasteiger partial charge in [0.2, 0.25) is 17.8 Å². The molecule has 0 bridgehead atoms. The van der Waals surface area contributed by atoms with E-state index in [9.17, 15) is 0 Å². The molecule has 116 valence electrons. The summed E-state index contributed by atoms with van der Waals surface area (Å²) in [5.41, 5.74) is 5.72. The number of anilines is 3. The molecule has 3 rings (SSSR count). The first kappa shape index (κ1) is 14.3. The fourth-order valence-electron chi connectivity index (χ4n) is 2.97. The number of aromatic nitrogens is 3. The molecule has 0 radical (unpaired) electrons. The van der Waals surface area contributed by atoms with Crippen LogP contribution in [0.4, 0.5) is 17.8 Å². The second-order valence-corrected chi connectivity index (χ2v) is 6.21. The quantitative estimate of drug-likeness (QED) is 0.871. The van der Waals surface area contributed by atoms with Gasteiger partial charge in [-0.1, -0.05) is 0 Å². The lowest BCUT2D eigenvalue weighted by Gasteiger charge is -2.34. The van der Waals surface area contributed by atoms with E-state index < -0.39 is 0 Å². The van der Waals surface area contributed by atoms with Crippen molar-refractivity contribution >= 4 is 17.8 Å². The van der Waals surface area contributed by atoms with Crippen LogP contribution < -0.4 is 16.0 Å². The van der Waals surface area contributed by atoms with Crippen molar-refractivity contribution in [3.8, 4) is 0 Å². The Labute approximate surface area is 125 Å². The van der Waals surface area contributed by atoms with Crippen molar-refractivity contribution in [3.63, 3.8) is 0 Å². The van der Waals surface area contributed by atoms with Crippen LogP contribution >= 0.6 is 0 Å². The van der Waals surface area contributed by atoms with Crippen molar-refractivity contribution in [2.45, 2.75) is 44.6 Å². The maximum atomic E-state index is 5.85. The largest absolute Gasteiger partial charge is 0.379 e. The van der Waals surface area contributed by atoms with E-state index in [1.54, 1.807) is 0 Å². The summed E-state index contributed by atoms with van der Waals surface area (Å²) in [5, 5.41) is 3.38. The number of piperidine rings is 1. The van der Waals surface area contributed by atoms with Gasteiger partial charge < -0.3 is 20.7 Å². The number of hydrogen-bond acceptors (Lipinski definition) is 7. The fraction of sp³-hybridized carbons (Fsp3) is 0.786. The highest BCUT2D eigenvalue weighted by atomic mass is 16.5. The van der Waals surface area contributed by atoms with Crippen molar-refractivity contribution < 1.29 is 4.74 Å². The van der Waals surface area contributed by atoms with Gasteiger partial charge >= 0.3 is 0 Å². The van der Waals surface area contributed by atoms with E-state index in [0.29, 0.717) is 18.5 Å². The van der Waals surface area contributed by atoms with Gasteiger partial charge in [0.25, 0.3) is 0 Å². The van der Waals surface area contributed by atoms with Gasteiger partial charge in [-0.2, -0.15) is 15.0 Å². The molecule has 21 heavy (non-hydrogen) atoms. The number of nitrogens with two attached hydrogens (primary N) is 1. The molecule has 3 N–H and O–H groups in total. The zero-order valence-electron chi connectivity index (χ0n) is 12.6. The van der Waals surface area contributed by atoms with Crippen LogP contribution in [0.5, 0.6) is 0 Å². The summed E-state index contributed by atoms with van der Waals surface area (Å²) in [6.45, 7) is 5.60. The van der Waals surface area contributed by atoms with Crippen LogP contribution in [-0.4, -0.2) is 46.8 Å². The standard InChI is InChI=1S/C14H24N6O/c1-14(6-5-9-21-10-14)19-12-16-11(15)17-13(18-12)20-7-3-2-4-8-20/h2-10H2,1H3,(H3,15,16,17,18,19). The molecule has 0 amide bonds. The monoisotopic (exact) mass is 292 g/mol. The second-order valence-electron chi connectivity index (χ2n) is 6.21. The molecule has 3 heterocycles. The first-order valence-electron chi connectivity index (χ1n) is 7.77. The smallest absolute Gasteiger partial charge is 0.231 e. The topological polar surface area (TPSA) is 89.2 Å². The maximum absolute atomic E-state index is 5.85. The predicted octanol–water partition coefficient (Wildman–Crippen LogP) is 1.43. The zero-order valence-corrected chi connectivity index (χ0v) is 12.6. The van der Waals surface area contributed by atoms with Crippen LogP contribution in [0.1, 0.15) is 39.0 Å². The molecule has 2 aliphatic heterocycles. The molecule has 7 nitrogen and oxygen atoms in total. The molecule has 0 saturated carbocycles. The summed E-state index contributed by atoms with van der Waals surface area (Å²) in [6.07, 6.45) is 5.72. The lowest BCUT2D eigenvalue weighted by molar-refractivity contribution is 0.0537. The summed E-state index contributed by atoms with van der Waals surface area (Å²) in [6, 6.07) is 0. The molecule has 2 fully saturated rings. The second kappa shape index (κ2) is 6.01. The molecule has 7 heteroatoms. The number of nitrogen functional groups attached to an aromatic ring is 1. The van der Waals surface area contributed by atoms with E-state index in [2.05, 4.69) is 32.1 Å². The zero-order chi connectivity index (χ0) is 14.7. The highest BCUT2D eigenvalue weighted by Crippen LogP contribution is 2.24. The Hall–Kier alpha value is -1.63. The number of nitrogens with zero attached hydrogens (tertiary/aromatic N) is 4. The van der Waals surface area contributed by atoms with Crippen LogP contribution in [0, 0.1) is 0 Å². The minimum Gasteiger partial charge on any atom is -0.379 e. The molecule has 1 unspecified atom stereocenters. The minimum atomic E-state index is -0.134. The number of hydrogen-bond donors (Lipinski definition) is 2. The lowest BCUT2D eigenvalue weighted by atomic mass is 9.95. The normalized spacial score (nSPS) is 26.6. The molecular formula is C14H24N6O. The van der Waals surface area contributed by atoms with E-state index in [4.69, 9.17) is 10.5 Å². The third-order valence-electron chi connectivity index (χ3n) is 4.13. The van der Waals surface area contributed by atoms with Gasteiger partial charge in [-0.15, -0.1) is 0 Å². The predicted molar refractivity (Wildman–Crippen MR) is 82.4 cm³/mol. The average Bonchev–Trinajstić information content (AvgIpc) is 2.48. The number of rotatable bonds is 3. The summed E-state index contributed by atoms with van der Waals surface area (Å²) in [7, 11) is 0. The Bertz CT molecular complexity index is 482. The summed E-state index contributed by atoms with van der Waals surface area (Å²) < 4.78 is 5.56. The lowest BCUT2D eigenvalue weighted by Crippen LogP contribution is -2.43. The van der Waals surface area contributed by atoms with Crippen molar-refractivity contribution in [2.24, 2.45) is 0 Å². The van der Waals surface area contributed by atoms with Crippen LogP contribution in [0.15, 0.2) is 0 Å². The van der Waals surface area contributed by atoms with Crippen molar-refractivity contribution in [1.29, 1.82) is 0 Å². The van der Waals surface area contributed by atoms with Crippen LogP contribution in [-0.2, 0) is 4.74 Å². The SMILES string of the molecule is CC1(Nc2nc(N)nc(N3CCCCC3)n2)CCCOC1. The molecule has 1 aromatic heterocycles. The Morgan fingerprint density at radius 1 is 1.14 bits per heavy atom. The summed E-state index contributed by atoms with van der Waals surface area (Å²) in [5.74, 6) is 1.51. The summed E-state index contributed by atoms with van der Waals surface area (Å²) >= 11 is 0. The Balaban J connectivity index is 1.77. The molecule has 1 aromatic rings. The first-order valence-corrected chi connectivity index (χ1v) is 7.77. The highest BCUT2D eigenvalue weighted by Gasteiger charge is 2.29. The third kappa shape index (κ3) is 3.53. The van der Waals surface area contributed by atoms with Gasteiger partial charge in [0, 0.05) is 19.7 Å². The molecule has 1 atom stereocenters. The Morgan fingerprint density at radius 3 is 2.67 bits per heavy atom. The third-order valence-corrected chi connectivity index (χ3v) is 4.13. The molecular weight excluding hydrogens is 268 g/mol. The fourth-order valence-corrected chi connectivity index (χ4v) is 2.97. The van der Waals surface area contributed by atoms with E-state index in [1.165, 1.54) is 19.3 Å². The van der Waals surface area contributed by atoms with E-state index in [-0.39, 0.29) is 11.5 Å². The van der Waals surface area contributed by atoms with E-state index >= 15 is 0 Å². The molecule has 0 aromatic carbocycles. The van der Waals surface area contributed by atoms with Crippen LogP contribution in [0.25, 0.3) is 0 Å². The molecule has 0 aliphatic carbocycles. The van der Waals surface area contributed by atoms with Gasteiger partial charge in [0.15, 0.2) is 0 Å². The van der Waals surface area contributed by atoms with E-state index in [0.717, 1.165) is 32.5 Å². The summed E-state index contributed by atoms with van der Waals surface area (Å²) in [4.78, 5) is 15.3. The van der Waals surface area contributed by atoms with Crippen molar-refractivity contribution in [3.05, 3.63) is 0 Å². The number of nitrogens with one attached hydrogen (secondary N) is 1. The van der Waals surface area contributed by atoms with Crippen LogP contribution in [0.3, 0.4) is 0 Å². The first-order chi connectivity index (χ1) is 10.1. The molecule has 0 spiro atoms. The highest BCUT2D eigenvalue weighted by molar-refractivity contribution is 5.43.